The van der Waals surface area contributed by atoms with Gasteiger partial charge in [0.05, 0.1) is 17.4 Å². The second-order valence-corrected chi connectivity index (χ2v) is 6.49. The molecule has 1 atom stereocenters. The number of piperidine rings is 1. The molecule has 1 aromatic heterocycles. The fourth-order valence-corrected chi connectivity index (χ4v) is 3.02. The first-order valence-corrected chi connectivity index (χ1v) is 8.31. The lowest BCUT2D eigenvalue weighted by molar-refractivity contribution is 0.0945. The van der Waals surface area contributed by atoms with Gasteiger partial charge in [0.1, 0.15) is 0 Å². The van der Waals surface area contributed by atoms with E-state index in [0.717, 1.165) is 23.2 Å². The van der Waals surface area contributed by atoms with Crippen molar-refractivity contribution in [3.05, 3.63) is 46.7 Å². The van der Waals surface area contributed by atoms with E-state index in [2.05, 4.69) is 31.7 Å². The number of rotatable bonds is 4. The lowest BCUT2D eigenvalue weighted by Crippen LogP contribution is -2.38. The molecule has 0 radical (unpaired) electrons. The summed E-state index contributed by atoms with van der Waals surface area (Å²) in [5.74, 6) is 0.463. The highest BCUT2D eigenvalue weighted by atomic mass is 79.9. The molecule has 1 unspecified atom stereocenters. The van der Waals surface area contributed by atoms with Crippen molar-refractivity contribution in [2.75, 3.05) is 19.6 Å². The minimum Gasteiger partial charge on any atom is -0.352 e. The van der Waals surface area contributed by atoms with E-state index in [4.69, 9.17) is 0 Å². The molecule has 0 bridgehead atoms. The molecular weight excluding hydrogens is 380 g/mol. The van der Waals surface area contributed by atoms with Crippen LogP contribution in [-0.4, -0.2) is 35.3 Å². The molecule has 2 heterocycles. The summed E-state index contributed by atoms with van der Waals surface area (Å²) in [5.41, 5.74) is 1.51. The van der Waals surface area contributed by atoms with Crippen molar-refractivity contribution in [1.82, 2.24) is 20.4 Å². The highest BCUT2D eigenvalue weighted by molar-refractivity contribution is 9.10. The molecule has 2 N–H and O–H groups in total. The van der Waals surface area contributed by atoms with Gasteiger partial charge >= 0.3 is 0 Å². The van der Waals surface area contributed by atoms with Crippen LogP contribution < -0.4 is 10.6 Å². The van der Waals surface area contributed by atoms with Gasteiger partial charge in [-0.1, -0.05) is 22.0 Å². The number of halogens is 2. The van der Waals surface area contributed by atoms with Crippen LogP contribution in [0.5, 0.6) is 0 Å². The van der Waals surface area contributed by atoms with Crippen LogP contribution in [0.1, 0.15) is 23.2 Å². The molecule has 1 aliphatic rings. The smallest absolute Gasteiger partial charge is 0.254 e. The molecule has 7 heteroatoms. The number of hydrogen-bond acceptors (Lipinski definition) is 3. The van der Waals surface area contributed by atoms with Gasteiger partial charge in [0, 0.05) is 17.2 Å². The van der Waals surface area contributed by atoms with Gasteiger partial charge in [-0.05, 0) is 50.0 Å². The molecule has 2 aromatic rings. The van der Waals surface area contributed by atoms with Gasteiger partial charge in [0.15, 0.2) is 0 Å². The number of carbonyl (C=O) groups is 1. The Balaban J connectivity index is 0.00000192. The third-order valence-electron chi connectivity index (χ3n) is 3.87. The van der Waals surface area contributed by atoms with Crippen LogP contribution in [0.4, 0.5) is 0 Å². The Morgan fingerprint density at radius 2 is 2.35 bits per heavy atom. The fourth-order valence-electron chi connectivity index (χ4n) is 2.64. The number of aromatic nitrogens is 2. The van der Waals surface area contributed by atoms with E-state index in [1.165, 1.54) is 12.8 Å². The molecular formula is C16H20BrClN4O. The standard InChI is InChI=1S/C16H19BrN4O.ClH/c17-14-4-1-5-15(7-14)21-11-13(10-20-21)16(22)19-9-12-3-2-6-18-8-12;/h1,4-5,7,10-12,18H,2-3,6,8-9H2,(H,19,22);1H. The first-order chi connectivity index (χ1) is 10.7. The molecule has 0 aliphatic carbocycles. The maximum Gasteiger partial charge on any atom is 0.254 e. The maximum atomic E-state index is 12.2. The molecule has 0 spiro atoms. The normalized spacial score (nSPS) is 17.3. The Bertz CT molecular complexity index is 655. The summed E-state index contributed by atoms with van der Waals surface area (Å²) >= 11 is 3.44. The van der Waals surface area contributed by atoms with Crippen molar-refractivity contribution < 1.29 is 4.79 Å². The van der Waals surface area contributed by atoms with E-state index in [1.807, 2.05) is 24.3 Å². The van der Waals surface area contributed by atoms with Gasteiger partial charge < -0.3 is 10.6 Å². The summed E-state index contributed by atoms with van der Waals surface area (Å²) in [6.07, 6.45) is 5.72. The number of benzene rings is 1. The fraction of sp³-hybridized carbons (Fsp3) is 0.375. The van der Waals surface area contributed by atoms with Gasteiger partial charge in [-0.3, -0.25) is 4.79 Å². The van der Waals surface area contributed by atoms with E-state index in [0.29, 0.717) is 18.0 Å². The predicted molar refractivity (Wildman–Crippen MR) is 96.4 cm³/mol. The first kappa shape index (κ1) is 18.0. The van der Waals surface area contributed by atoms with Crippen molar-refractivity contribution in [2.45, 2.75) is 12.8 Å². The van der Waals surface area contributed by atoms with Crippen LogP contribution in [0.2, 0.25) is 0 Å². The lowest BCUT2D eigenvalue weighted by Gasteiger charge is -2.22. The van der Waals surface area contributed by atoms with Gasteiger partial charge in [-0.25, -0.2) is 4.68 Å². The van der Waals surface area contributed by atoms with E-state index >= 15 is 0 Å². The van der Waals surface area contributed by atoms with Crippen molar-refractivity contribution >= 4 is 34.2 Å². The quantitative estimate of drug-likeness (QED) is 0.831. The molecule has 1 aliphatic heterocycles. The topological polar surface area (TPSA) is 59.0 Å². The van der Waals surface area contributed by atoms with Crippen LogP contribution in [0.3, 0.4) is 0 Å². The number of nitrogens with zero attached hydrogens (tertiary/aromatic N) is 2. The van der Waals surface area contributed by atoms with Crippen LogP contribution >= 0.6 is 28.3 Å². The number of nitrogens with one attached hydrogen (secondary N) is 2. The SMILES string of the molecule is Cl.O=C(NCC1CCCNC1)c1cnn(-c2cccc(Br)c2)c1. The maximum absolute atomic E-state index is 12.2. The highest BCUT2D eigenvalue weighted by Crippen LogP contribution is 2.15. The Kier molecular flexibility index (Phi) is 6.62. The molecule has 1 amide bonds. The zero-order valence-corrected chi connectivity index (χ0v) is 15.1. The predicted octanol–water partition coefficient (Wildman–Crippen LogP) is 2.79. The number of hydrogen-bond donors (Lipinski definition) is 2. The summed E-state index contributed by atoms with van der Waals surface area (Å²) in [4.78, 5) is 12.2. The summed E-state index contributed by atoms with van der Waals surface area (Å²) in [6, 6.07) is 7.81. The van der Waals surface area contributed by atoms with Crippen LogP contribution in [-0.2, 0) is 0 Å². The summed E-state index contributed by atoms with van der Waals surface area (Å²) < 4.78 is 2.69. The van der Waals surface area contributed by atoms with E-state index in [-0.39, 0.29) is 18.3 Å². The van der Waals surface area contributed by atoms with Crippen molar-refractivity contribution in [3.63, 3.8) is 0 Å². The van der Waals surface area contributed by atoms with Crippen molar-refractivity contribution in [2.24, 2.45) is 5.92 Å². The van der Waals surface area contributed by atoms with Gasteiger partial charge in [0.2, 0.25) is 0 Å². The average Bonchev–Trinajstić information content (AvgIpc) is 3.04. The molecule has 23 heavy (non-hydrogen) atoms. The molecule has 124 valence electrons. The summed E-state index contributed by atoms with van der Waals surface area (Å²) in [5, 5.41) is 10.6. The Morgan fingerprint density at radius 3 is 3.09 bits per heavy atom. The van der Waals surface area contributed by atoms with Crippen molar-refractivity contribution in [1.29, 1.82) is 0 Å². The second kappa shape index (κ2) is 8.47. The first-order valence-electron chi connectivity index (χ1n) is 7.52. The van der Waals surface area contributed by atoms with Gasteiger partial charge in [-0.15, -0.1) is 12.4 Å². The molecule has 0 saturated carbocycles. The largest absolute Gasteiger partial charge is 0.352 e. The third-order valence-corrected chi connectivity index (χ3v) is 4.36. The Hall–Kier alpha value is -1.37. The van der Waals surface area contributed by atoms with Crippen molar-refractivity contribution in [3.8, 4) is 5.69 Å². The minimum absolute atomic E-state index is 0. The minimum atomic E-state index is -0.0631. The average molecular weight is 400 g/mol. The molecule has 1 aromatic carbocycles. The lowest BCUT2D eigenvalue weighted by atomic mass is 10.00. The van der Waals surface area contributed by atoms with Crippen LogP contribution in [0, 0.1) is 5.92 Å². The van der Waals surface area contributed by atoms with Gasteiger partial charge in [-0.2, -0.15) is 5.10 Å². The Labute approximate surface area is 150 Å². The highest BCUT2D eigenvalue weighted by Gasteiger charge is 2.15. The Morgan fingerprint density at radius 1 is 1.48 bits per heavy atom. The zero-order chi connectivity index (χ0) is 15.4. The summed E-state index contributed by atoms with van der Waals surface area (Å²) in [6.45, 7) is 2.79. The second-order valence-electron chi connectivity index (χ2n) is 5.58. The number of carbonyl (C=O) groups excluding carboxylic acids is 1. The summed E-state index contributed by atoms with van der Waals surface area (Å²) in [7, 11) is 0. The molecule has 3 rings (SSSR count). The van der Waals surface area contributed by atoms with E-state index in [9.17, 15) is 4.79 Å². The van der Waals surface area contributed by atoms with Gasteiger partial charge in [0.25, 0.3) is 5.91 Å². The molecule has 5 nitrogen and oxygen atoms in total. The monoisotopic (exact) mass is 398 g/mol. The van der Waals surface area contributed by atoms with E-state index < -0.39 is 0 Å². The van der Waals surface area contributed by atoms with Crippen LogP contribution in [0.25, 0.3) is 5.69 Å². The van der Waals surface area contributed by atoms with E-state index in [1.54, 1.807) is 17.1 Å². The third kappa shape index (κ3) is 4.80. The zero-order valence-electron chi connectivity index (χ0n) is 12.7. The number of amides is 1. The molecule has 1 saturated heterocycles. The van der Waals surface area contributed by atoms with Crippen LogP contribution in [0.15, 0.2) is 41.1 Å². The molecule has 1 fully saturated rings.